The van der Waals surface area contributed by atoms with Gasteiger partial charge in [0.05, 0.1) is 0 Å². The number of benzene rings is 1. The van der Waals surface area contributed by atoms with Gasteiger partial charge in [0.25, 0.3) is 0 Å². The Kier molecular flexibility index (Phi) is 7.39. The van der Waals surface area contributed by atoms with Gasteiger partial charge in [0.15, 0.2) is 0 Å². The van der Waals surface area contributed by atoms with Crippen LogP contribution in [0.15, 0.2) is 53.1 Å². The average Bonchev–Trinajstić information content (AvgIpc) is 3.44. The second-order valence-electron chi connectivity index (χ2n) is 9.48. The lowest BCUT2D eigenvalue weighted by Crippen LogP contribution is -2.07. The number of unbranched alkanes of at least 4 members (excludes halogenated alkanes) is 1. The number of allylic oxidation sites excluding steroid dienone is 4. The maximum atomic E-state index is 2.48. The van der Waals surface area contributed by atoms with Gasteiger partial charge in [-0.15, -0.1) is 0 Å². The van der Waals surface area contributed by atoms with Crippen molar-refractivity contribution in [3.8, 4) is 0 Å². The standard InChI is InChI=1S/C27H40/c1-5-11-23(18-24-13-7-6-8-14-24)15-10-9-12-20(2)16-25-21(3)17-22(4)26-19-27(25)26/h6-8,13-14,17,20,23,26-27H,5,9-12,15-16,18-19H2,1-4H3. The molecule has 3 rings (SSSR count). The molecule has 0 N–H and O–H groups in total. The van der Waals surface area contributed by atoms with Crippen molar-refractivity contribution in [1.82, 2.24) is 0 Å². The zero-order valence-electron chi connectivity index (χ0n) is 18.1. The number of hydrogen-bond donors (Lipinski definition) is 0. The molecule has 0 heteroatoms. The second-order valence-corrected chi connectivity index (χ2v) is 9.48. The summed E-state index contributed by atoms with van der Waals surface area (Å²) >= 11 is 0. The van der Waals surface area contributed by atoms with Crippen LogP contribution in [-0.4, -0.2) is 0 Å². The molecular weight excluding hydrogens is 324 g/mol. The first-order chi connectivity index (χ1) is 13.1. The first kappa shape index (κ1) is 20.4. The Morgan fingerprint density at radius 1 is 0.926 bits per heavy atom. The molecule has 0 aromatic heterocycles. The van der Waals surface area contributed by atoms with Crippen LogP contribution in [0.4, 0.5) is 0 Å². The van der Waals surface area contributed by atoms with Gasteiger partial charge < -0.3 is 0 Å². The number of rotatable bonds is 11. The lowest BCUT2D eigenvalue weighted by atomic mass is 9.85. The summed E-state index contributed by atoms with van der Waals surface area (Å²) in [5, 5.41) is 0. The monoisotopic (exact) mass is 364 g/mol. The Morgan fingerprint density at radius 2 is 1.67 bits per heavy atom. The lowest BCUT2D eigenvalue weighted by molar-refractivity contribution is 0.401. The minimum atomic E-state index is 0.849. The molecule has 4 atom stereocenters. The molecule has 0 nitrogen and oxygen atoms in total. The molecule has 148 valence electrons. The Balaban J connectivity index is 1.39. The van der Waals surface area contributed by atoms with Gasteiger partial charge in [-0.1, -0.05) is 105 Å². The molecule has 0 heterocycles. The van der Waals surface area contributed by atoms with E-state index in [1.165, 1.54) is 63.4 Å². The average molecular weight is 365 g/mol. The van der Waals surface area contributed by atoms with Crippen LogP contribution in [0.1, 0.15) is 84.6 Å². The zero-order chi connectivity index (χ0) is 19.2. The molecule has 0 bridgehead atoms. The number of hydrogen-bond acceptors (Lipinski definition) is 0. The van der Waals surface area contributed by atoms with Crippen LogP contribution in [0.25, 0.3) is 0 Å². The van der Waals surface area contributed by atoms with E-state index in [0.29, 0.717) is 0 Å². The van der Waals surface area contributed by atoms with Crippen molar-refractivity contribution in [1.29, 1.82) is 0 Å². The minimum Gasteiger partial charge on any atom is -0.0693 e. The lowest BCUT2D eigenvalue weighted by Gasteiger charge is -2.20. The molecule has 27 heavy (non-hydrogen) atoms. The summed E-state index contributed by atoms with van der Waals surface area (Å²) in [5.41, 5.74) is 6.54. The van der Waals surface area contributed by atoms with Gasteiger partial charge in [0, 0.05) is 0 Å². The van der Waals surface area contributed by atoms with Gasteiger partial charge >= 0.3 is 0 Å². The van der Waals surface area contributed by atoms with E-state index in [9.17, 15) is 0 Å². The topological polar surface area (TPSA) is 0 Å². The van der Waals surface area contributed by atoms with Crippen LogP contribution in [0.5, 0.6) is 0 Å². The van der Waals surface area contributed by atoms with Crippen molar-refractivity contribution in [2.45, 2.75) is 85.5 Å². The smallest absolute Gasteiger partial charge is 0.0126 e. The molecule has 0 radical (unpaired) electrons. The van der Waals surface area contributed by atoms with Gasteiger partial charge in [-0.25, -0.2) is 0 Å². The maximum Gasteiger partial charge on any atom is -0.0126 e. The van der Waals surface area contributed by atoms with E-state index < -0.39 is 0 Å². The predicted molar refractivity (Wildman–Crippen MR) is 119 cm³/mol. The van der Waals surface area contributed by atoms with Gasteiger partial charge in [-0.05, 0) is 62.3 Å². The van der Waals surface area contributed by atoms with Crippen LogP contribution in [0.3, 0.4) is 0 Å². The van der Waals surface area contributed by atoms with Crippen molar-refractivity contribution >= 4 is 0 Å². The largest absolute Gasteiger partial charge is 0.0693 e. The Labute approximate surface area is 168 Å². The van der Waals surface area contributed by atoms with E-state index in [0.717, 1.165) is 23.7 Å². The van der Waals surface area contributed by atoms with Crippen LogP contribution in [0, 0.1) is 23.7 Å². The van der Waals surface area contributed by atoms with Crippen LogP contribution >= 0.6 is 0 Å². The second kappa shape index (κ2) is 9.76. The fourth-order valence-electron chi connectivity index (χ4n) is 5.34. The molecule has 0 spiro atoms. The summed E-state index contributed by atoms with van der Waals surface area (Å²) in [6.45, 7) is 9.49. The molecule has 1 fully saturated rings. The highest BCUT2D eigenvalue weighted by molar-refractivity contribution is 5.40. The molecule has 0 amide bonds. The summed E-state index contributed by atoms with van der Waals surface area (Å²) in [6.07, 6.45) is 14.8. The Morgan fingerprint density at radius 3 is 2.41 bits per heavy atom. The number of fused-ring (bicyclic) bond motifs is 1. The third kappa shape index (κ3) is 5.84. The molecule has 1 aromatic carbocycles. The third-order valence-electron chi connectivity index (χ3n) is 6.97. The molecule has 0 aliphatic heterocycles. The highest BCUT2D eigenvalue weighted by Crippen LogP contribution is 2.54. The van der Waals surface area contributed by atoms with Crippen LogP contribution in [-0.2, 0) is 6.42 Å². The van der Waals surface area contributed by atoms with Gasteiger partial charge in [0.1, 0.15) is 0 Å². The van der Waals surface area contributed by atoms with Crippen molar-refractivity contribution < 1.29 is 0 Å². The van der Waals surface area contributed by atoms with E-state index >= 15 is 0 Å². The van der Waals surface area contributed by atoms with E-state index in [1.807, 2.05) is 0 Å². The predicted octanol–water partition coefficient (Wildman–Crippen LogP) is 8.14. The van der Waals surface area contributed by atoms with E-state index in [-0.39, 0.29) is 0 Å². The summed E-state index contributed by atoms with van der Waals surface area (Å²) in [6, 6.07) is 11.1. The summed E-state index contributed by atoms with van der Waals surface area (Å²) in [5.74, 6) is 3.54. The maximum absolute atomic E-state index is 2.48. The van der Waals surface area contributed by atoms with E-state index in [1.54, 1.807) is 16.7 Å². The summed E-state index contributed by atoms with van der Waals surface area (Å²) in [7, 11) is 0. The molecule has 0 saturated heterocycles. The Hall–Kier alpha value is -1.30. The van der Waals surface area contributed by atoms with Crippen molar-refractivity contribution in [2.75, 3.05) is 0 Å². The summed E-state index contributed by atoms with van der Waals surface area (Å²) < 4.78 is 0. The molecule has 1 saturated carbocycles. The molecule has 2 aliphatic rings. The van der Waals surface area contributed by atoms with Gasteiger partial charge in [-0.2, -0.15) is 0 Å². The fourth-order valence-corrected chi connectivity index (χ4v) is 5.34. The fraction of sp³-hybridized carbons (Fsp3) is 0.630. The zero-order valence-corrected chi connectivity index (χ0v) is 18.1. The molecular formula is C27H40. The highest BCUT2D eigenvalue weighted by atomic mass is 14.5. The van der Waals surface area contributed by atoms with Crippen molar-refractivity contribution in [2.24, 2.45) is 23.7 Å². The summed E-state index contributed by atoms with van der Waals surface area (Å²) in [4.78, 5) is 0. The SMILES string of the molecule is CCCC(CCCCC(C)CC1=C(C)C=C(C)C2CC12)Cc1ccccc1. The third-order valence-corrected chi connectivity index (χ3v) is 6.97. The first-order valence-electron chi connectivity index (χ1n) is 11.5. The molecule has 1 aromatic rings. The van der Waals surface area contributed by atoms with Gasteiger partial charge in [-0.3, -0.25) is 0 Å². The van der Waals surface area contributed by atoms with Crippen LogP contribution < -0.4 is 0 Å². The van der Waals surface area contributed by atoms with E-state index in [2.05, 4.69) is 64.1 Å². The molecule has 2 aliphatic carbocycles. The van der Waals surface area contributed by atoms with Crippen molar-refractivity contribution in [3.05, 3.63) is 58.7 Å². The van der Waals surface area contributed by atoms with Gasteiger partial charge in [0.2, 0.25) is 0 Å². The Bertz CT molecular complexity index is 648. The first-order valence-corrected chi connectivity index (χ1v) is 11.5. The van der Waals surface area contributed by atoms with Crippen LogP contribution in [0.2, 0.25) is 0 Å². The minimum absolute atomic E-state index is 0.849. The molecule has 4 unspecified atom stereocenters. The van der Waals surface area contributed by atoms with E-state index in [4.69, 9.17) is 0 Å². The normalized spacial score (nSPS) is 23.6. The highest BCUT2D eigenvalue weighted by Gasteiger charge is 2.43. The van der Waals surface area contributed by atoms with Crippen molar-refractivity contribution in [3.63, 3.8) is 0 Å². The quantitative estimate of drug-likeness (QED) is 0.347.